The molecule has 0 radical (unpaired) electrons. The molecule has 0 aliphatic carbocycles. The number of aryl methyl sites for hydroxylation is 1. The summed E-state index contributed by atoms with van der Waals surface area (Å²) in [6.07, 6.45) is 2.54. The number of nitrogens with one attached hydrogen (secondary N) is 1. The van der Waals surface area contributed by atoms with Gasteiger partial charge < -0.3 is 10.1 Å². The van der Waals surface area contributed by atoms with E-state index in [0.717, 1.165) is 33.8 Å². The minimum Gasteiger partial charge on any atom is -0.494 e. The van der Waals surface area contributed by atoms with Gasteiger partial charge in [0.25, 0.3) is 0 Å². The van der Waals surface area contributed by atoms with Gasteiger partial charge in [0.05, 0.1) is 30.6 Å². The molecule has 4 rings (SSSR count). The van der Waals surface area contributed by atoms with Crippen LogP contribution in [-0.4, -0.2) is 22.5 Å². The Hall–Kier alpha value is -3.99. The Kier molecular flexibility index (Phi) is 7.10. The number of rotatable bonds is 8. The van der Waals surface area contributed by atoms with Crippen molar-refractivity contribution in [3.8, 4) is 17.0 Å². The number of hydrogen-bond donors (Lipinski definition) is 1. The van der Waals surface area contributed by atoms with Crippen molar-refractivity contribution >= 4 is 11.7 Å². The number of anilines is 1. The van der Waals surface area contributed by atoms with Crippen LogP contribution in [0.4, 0.5) is 5.82 Å². The molecule has 0 fully saturated rings. The summed E-state index contributed by atoms with van der Waals surface area (Å²) in [7, 11) is 0. The molecule has 0 saturated carbocycles. The van der Waals surface area contributed by atoms with Gasteiger partial charge in [-0.05, 0) is 37.1 Å². The third kappa shape index (κ3) is 6.04. The zero-order valence-electron chi connectivity index (χ0n) is 18.9. The Balaban J connectivity index is 1.56. The summed E-state index contributed by atoms with van der Waals surface area (Å²) in [5, 5.41) is 2.96. The van der Waals surface area contributed by atoms with Crippen LogP contribution in [0.5, 0.6) is 5.75 Å². The number of aromatic nitrogens is 2. The molecule has 0 aliphatic heterocycles. The summed E-state index contributed by atoms with van der Waals surface area (Å²) in [4.78, 5) is 22.2. The van der Waals surface area contributed by atoms with Crippen LogP contribution >= 0.6 is 0 Å². The molecule has 0 atom stereocenters. The van der Waals surface area contributed by atoms with E-state index in [0.29, 0.717) is 18.8 Å². The van der Waals surface area contributed by atoms with E-state index >= 15 is 0 Å². The summed E-state index contributed by atoms with van der Waals surface area (Å²) >= 11 is 0. The van der Waals surface area contributed by atoms with E-state index < -0.39 is 0 Å². The summed E-state index contributed by atoms with van der Waals surface area (Å²) in [6, 6.07) is 25.8. The average molecular weight is 438 g/mol. The smallest absolute Gasteiger partial charge is 0.229 e. The largest absolute Gasteiger partial charge is 0.494 e. The van der Waals surface area contributed by atoms with E-state index in [-0.39, 0.29) is 12.3 Å². The third-order valence-corrected chi connectivity index (χ3v) is 5.26. The second-order valence-electron chi connectivity index (χ2n) is 7.88. The fraction of sp³-hybridized carbons (Fsp3) is 0.179. The van der Waals surface area contributed by atoms with E-state index in [2.05, 4.69) is 29.4 Å². The molecule has 0 saturated heterocycles. The predicted octanol–water partition coefficient (Wildman–Crippen LogP) is 5.62. The number of carbonyl (C=O) groups is 1. The van der Waals surface area contributed by atoms with Gasteiger partial charge in [-0.15, -0.1) is 0 Å². The topological polar surface area (TPSA) is 64.1 Å². The maximum absolute atomic E-state index is 12.8. The van der Waals surface area contributed by atoms with Crippen LogP contribution in [0.15, 0.2) is 85.1 Å². The quantitative estimate of drug-likeness (QED) is 0.388. The van der Waals surface area contributed by atoms with Crippen molar-refractivity contribution in [3.05, 3.63) is 107 Å². The number of nitrogens with zero attached hydrogens (tertiary/aromatic N) is 2. The Morgan fingerprint density at radius 1 is 0.909 bits per heavy atom. The minimum absolute atomic E-state index is 0.133. The van der Waals surface area contributed by atoms with E-state index in [1.165, 1.54) is 5.56 Å². The molecule has 0 spiro atoms. The van der Waals surface area contributed by atoms with Crippen LogP contribution in [0.2, 0.25) is 0 Å². The summed E-state index contributed by atoms with van der Waals surface area (Å²) in [5.41, 5.74) is 5.72. The van der Waals surface area contributed by atoms with Crippen LogP contribution in [0.1, 0.15) is 29.3 Å². The lowest BCUT2D eigenvalue weighted by atomic mass is 10.1. The molecule has 5 heteroatoms. The maximum Gasteiger partial charge on any atom is 0.229 e. The molecule has 1 N–H and O–H groups in total. The average Bonchev–Trinajstić information content (AvgIpc) is 2.83. The standard InChI is InChI=1S/C28H27N3O2/c1-3-33-24-15-11-22(12-16-24)18-27(32)31-28-25(17-21-7-5-4-6-8-21)30-26(19-29-28)23-13-9-20(2)10-14-23/h4-16,19H,3,17-18H2,1-2H3,(H,29,31,32). The predicted molar refractivity (Wildman–Crippen MR) is 131 cm³/mol. The highest BCUT2D eigenvalue weighted by Gasteiger charge is 2.13. The zero-order chi connectivity index (χ0) is 23.0. The number of hydrogen-bond acceptors (Lipinski definition) is 4. The molecule has 0 unspecified atom stereocenters. The van der Waals surface area contributed by atoms with Gasteiger partial charge in [-0.2, -0.15) is 0 Å². The molecule has 0 aliphatic rings. The zero-order valence-corrected chi connectivity index (χ0v) is 18.9. The summed E-state index contributed by atoms with van der Waals surface area (Å²) < 4.78 is 5.47. The van der Waals surface area contributed by atoms with Gasteiger partial charge >= 0.3 is 0 Å². The lowest BCUT2D eigenvalue weighted by Gasteiger charge is -2.12. The van der Waals surface area contributed by atoms with Gasteiger partial charge in [0.2, 0.25) is 5.91 Å². The van der Waals surface area contributed by atoms with Gasteiger partial charge in [0, 0.05) is 12.0 Å². The lowest BCUT2D eigenvalue weighted by Crippen LogP contribution is -2.17. The lowest BCUT2D eigenvalue weighted by molar-refractivity contribution is -0.115. The Morgan fingerprint density at radius 3 is 2.33 bits per heavy atom. The molecule has 5 nitrogen and oxygen atoms in total. The van der Waals surface area contributed by atoms with Crippen LogP contribution in [-0.2, 0) is 17.6 Å². The monoisotopic (exact) mass is 437 g/mol. The van der Waals surface area contributed by atoms with Gasteiger partial charge in [-0.1, -0.05) is 72.3 Å². The first-order valence-electron chi connectivity index (χ1n) is 11.1. The van der Waals surface area contributed by atoms with Gasteiger partial charge in [-0.25, -0.2) is 9.97 Å². The van der Waals surface area contributed by atoms with Crippen molar-refractivity contribution < 1.29 is 9.53 Å². The molecule has 1 aromatic heterocycles. The first-order chi connectivity index (χ1) is 16.1. The van der Waals surface area contributed by atoms with Crippen LogP contribution in [0.25, 0.3) is 11.3 Å². The van der Waals surface area contributed by atoms with E-state index in [1.807, 2.05) is 73.7 Å². The molecular formula is C28H27N3O2. The highest BCUT2D eigenvalue weighted by molar-refractivity contribution is 5.92. The summed E-state index contributed by atoms with van der Waals surface area (Å²) in [5.74, 6) is 1.15. The Morgan fingerprint density at radius 2 is 1.64 bits per heavy atom. The number of carbonyl (C=O) groups excluding carboxylic acids is 1. The number of benzene rings is 3. The van der Waals surface area contributed by atoms with E-state index in [1.54, 1.807) is 6.20 Å². The van der Waals surface area contributed by atoms with Crippen LogP contribution in [0, 0.1) is 6.92 Å². The van der Waals surface area contributed by atoms with Gasteiger partial charge in [0.1, 0.15) is 5.75 Å². The Bertz CT molecular complexity index is 1200. The van der Waals surface area contributed by atoms with Crippen LogP contribution in [0.3, 0.4) is 0 Å². The van der Waals surface area contributed by atoms with Crippen molar-refractivity contribution in [2.45, 2.75) is 26.7 Å². The molecule has 0 bridgehead atoms. The second kappa shape index (κ2) is 10.6. The first kappa shape index (κ1) is 22.2. The molecule has 4 aromatic rings. The van der Waals surface area contributed by atoms with Crippen molar-refractivity contribution in [2.24, 2.45) is 0 Å². The molecule has 1 amide bonds. The van der Waals surface area contributed by atoms with E-state index in [9.17, 15) is 4.79 Å². The minimum atomic E-state index is -0.133. The highest BCUT2D eigenvalue weighted by atomic mass is 16.5. The van der Waals surface area contributed by atoms with Crippen LogP contribution < -0.4 is 10.1 Å². The number of amides is 1. The third-order valence-electron chi connectivity index (χ3n) is 5.26. The highest BCUT2D eigenvalue weighted by Crippen LogP contribution is 2.22. The fourth-order valence-corrected chi connectivity index (χ4v) is 3.54. The van der Waals surface area contributed by atoms with Gasteiger partial charge in [-0.3, -0.25) is 4.79 Å². The SMILES string of the molecule is CCOc1ccc(CC(=O)Nc2ncc(-c3ccc(C)cc3)nc2Cc2ccccc2)cc1. The van der Waals surface area contributed by atoms with Gasteiger partial charge in [0.15, 0.2) is 5.82 Å². The second-order valence-corrected chi connectivity index (χ2v) is 7.88. The fourth-order valence-electron chi connectivity index (χ4n) is 3.54. The summed E-state index contributed by atoms with van der Waals surface area (Å²) in [6.45, 7) is 4.61. The van der Waals surface area contributed by atoms with Crippen molar-refractivity contribution in [2.75, 3.05) is 11.9 Å². The molecular weight excluding hydrogens is 410 g/mol. The molecule has 33 heavy (non-hydrogen) atoms. The van der Waals surface area contributed by atoms with Crippen molar-refractivity contribution in [3.63, 3.8) is 0 Å². The first-order valence-corrected chi connectivity index (χ1v) is 11.1. The molecule has 3 aromatic carbocycles. The number of ether oxygens (including phenoxy) is 1. The van der Waals surface area contributed by atoms with Crippen molar-refractivity contribution in [1.82, 2.24) is 9.97 Å². The maximum atomic E-state index is 12.8. The van der Waals surface area contributed by atoms with Crippen molar-refractivity contribution in [1.29, 1.82) is 0 Å². The molecule has 166 valence electrons. The normalized spacial score (nSPS) is 10.6. The van der Waals surface area contributed by atoms with E-state index in [4.69, 9.17) is 9.72 Å². The Labute approximate surface area is 194 Å². The molecule has 1 heterocycles.